The predicted molar refractivity (Wildman–Crippen MR) is 65.0 cm³/mol. The third-order valence-electron chi connectivity index (χ3n) is 2.46. The predicted octanol–water partition coefficient (Wildman–Crippen LogP) is 3.31. The first-order valence-corrected chi connectivity index (χ1v) is 5.88. The van der Waals surface area contributed by atoms with Crippen molar-refractivity contribution in [3.63, 3.8) is 0 Å². The number of unbranched alkanes of at least 4 members (excludes halogenated alkanes) is 7. The topological polar surface area (TPSA) is 26.3 Å². The van der Waals surface area contributed by atoms with Crippen LogP contribution in [0.2, 0.25) is 0 Å². The molecule has 0 atom stereocenters. The zero-order valence-electron chi connectivity index (χ0n) is 10.7. The van der Waals surface area contributed by atoms with Crippen LogP contribution in [0.25, 0.3) is 0 Å². The van der Waals surface area contributed by atoms with Gasteiger partial charge in [-0.05, 0) is 6.42 Å². The fourth-order valence-electron chi connectivity index (χ4n) is 1.51. The summed E-state index contributed by atoms with van der Waals surface area (Å²) in [5.41, 5.74) is 0. The first kappa shape index (κ1) is 17.9. The maximum absolute atomic E-state index is 10.8. The van der Waals surface area contributed by atoms with Crippen LogP contribution in [0.5, 0.6) is 0 Å². The van der Waals surface area contributed by atoms with Crippen molar-refractivity contribution in [3.05, 3.63) is 0 Å². The van der Waals surface area contributed by atoms with Crippen LogP contribution in [-0.4, -0.2) is 42.6 Å². The molecule has 0 saturated carbocycles. The van der Waals surface area contributed by atoms with Gasteiger partial charge >= 0.3 is 5.97 Å². The van der Waals surface area contributed by atoms with Crippen molar-refractivity contribution < 1.29 is 9.53 Å². The van der Waals surface area contributed by atoms with Crippen molar-refractivity contribution in [2.24, 2.45) is 0 Å². The van der Waals surface area contributed by atoms with E-state index in [0.717, 1.165) is 6.42 Å². The summed E-state index contributed by atoms with van der Waals surface area (Å²) in [6, 6.07) is 0. The number of hydrogen-bond donors (Lipinski definition) is 0. The third kappa shape index (κ3) is 14.5. The van der Waals surface area contributed by atoms with Gasteiger partial charge in [0.2, 0.25) is 0 Å². The van der Waals surface area contributed by atoms with E-state index in [9.17, 15) is 4.79 Å². The Morgan fingerprint density at radius 3 is 1.87 bits per heavy atom. The van der Waals surface area contributed by atoms with Crippen molar-refractivity contribution >= 4 is 35.5 Å². The van der Waals surface area contributed by atoms with Crippen LogP contribution in [0, 0.1) is 0 Å². The first-order chi connectivity index (χ1) is 6.81. The monoisotopic (exact) mass is 223 g/mol. The standard InChI is InChI=1S/C12H24O2.Na/c1-3-4-5-6-7-8-9-10-11-12(13)14-2;/h3-11H2,1-2H3;. The van der Waals surface area contributed by atoms with Gasteiger partial charge in [0, 0.05) is 36.0 Å². The smallest absolute Gasteiger partial charge is 0.305 e. The van der Waals surface area contributed by atoms with Gasteiger partial charge in [-0.25, -0.2) is 0 Å². The Morgan fingerprint density at radius 2 is 1.40 bits per heavy atom. The molecular formula is C12H24NaO2. The molecule has 0 spiro atoms. The molecule has 0 aliphatic heterocycles. The fraction of sp³-hybridized carbons (Fsp3) is 0.917. The largest absolute Gasteiger partial charge is 0.469 e. The molecule has 0 N–H and O–H groups in total. The molecule has 0 rings (SSSR count). The summed E-state index contributed by atoms with van der Waals surface area (Å²) in [6.45, 7) is 2.23. The summed E-state index contributed by atoms with van der Waals surface area (Å²) in [6.07, 6.45) is 10.7. The van der Waals surface area contributed by atoms with Crippen molar-refractivity contribution in [2.75, 3.05) is 7.11 Å². The average molecular weight is 223 g/mol. The van der Waals surface area contributed by atoms with Gasteiger partial charge in [0.15, 0.2) is 0 Å². The Morgan fingerprint density at radius 1 is 0.933 bits per heavy atom. The second-order valence-corrected chi connectivity index (χ2v) is 3.80. The molecule has 0 aromatic heterocycles. The maximum Gasteiger partial charge on any atom is 0.305 e. The molecule has 0 unspecified atom stereocenters. The van der Waals surface area contributed by atoms with Crippen LogP contribution in [0.3, 0.4) is 0 Å². The number of esters is 1. The van der Waals surface area contributed by atoms with Crippen molar-refractivity contribution in [2.45, 2.75) is 64.7 Å². The molecule has 0 aliphatic rings. The van der Waals surface area contributed by atoms with Crippen LogP contribution < -0.4 is 0 Å². The zero-order chi connectivity index (χ0) is 10.6. The molecule has 0 amide bonds. The second kappa shape index (κ2) is 14.5. The Balaban J connectivity index is 0. The van der Waals surface area contributed by atoms with E-state index < -0.39 is 0 Å². The van der Waals surface area contributed by atoms with Crippen LogP contribution in [0.4, 0.5) is 0 Å². The van der Waals surface area contributed by atoms with Gasteiger partial charge in [0.25, 0.3) is 0 Å². The van der Waals surface area contributed by atoms with Gasteiger partial charge in [0.05, 0.1) is 7.11 Å². The van der Waals surface area contributed by atoms with Gasteiger partial charge in [-0.3, -0.25) is 4.79 Å². The molecule has 0 aromatic rings. The summed E-state index contributed by atoms with van der Waals surface area (Å²) in [5.74, 6) is -0.0732. The summed E-state index contributed by atoms with van der Waals surface area (Å²) >= 11 is 0. The van der Waals surface area contributed by atoms with Crippen molar-refractivity contribution in [1.29, 1.82) is 0 Å². The van der Waals surface area contributed by atoms with Gasteiger partial charge in [0.1, 0.15) is 0 Å². The molecule has 0 fully saturated rings. The van der Waals surface area contributed by atoms with E-state index in [2.05, 4.69) is 11.7 Å². The van der Waals surface area contributed by atoms with Gasteiger partial charge < -0.3 is 4.74 Å². The molecule has 0 aromatic carbocycles. The number of rotatable bonds is 9. The summed E-state index contributed by atoms with van der Waals surface area (Å²) in [5, 5.41) is 0. The number of methoxy groups -OCH3 is 1. The molecule has 0 aliphatic carbocycles. The van der Waals surface area contributed by atoms with Gasteiger partial charge in [-0.2, -0.15) is 0 Å². The normalized spacial score (nSPS) is 9.47. The minimum atomic E-state index is -0.0732. The van der Waals surface area contributed by atoms with Crippen LogP contribution in [0.1, 0.15) is 64.7 Å². The van der Waals surface area contributed by atoms with E-state index >= 15 is 0 Å². The summed E-state index contributed by atoms with van der Waals surface area (Å²) in [4.78, 5) is 10.8. The first-order valence-electron chi connectivity index (χ1n) is 5.88. The van der Waals surface area contributed by atoms with Crippen LogP contribution in [-0.2, 0) is 9.53 Å². The van der Waals surface area contributed by atoms with E-state index in [1.807, 2.05) is 0 Å². The molecule has 85 valence electrons. The van der Waals surface area contributed by atoms with E-state index in [4.69, 9.17) is 0 Å². The van der Waals surface area contributed by atoms with Gasteiger partial charge in [-0.1, -0.05) is 51.9 Å². The van der Waals surface area contributed by atoms with Crippen LogP contribution >= 0.6 is 0 Å². The van der Waals surface area contributed by atoms with Gasteiger partial charge in [-0.15, -0.1) is 0 Å². The average Bonchev–Trinajstić information content (AvgIpc) is 2.21. The maximum atomic E-state index is 10.8. The van der Waals surface area contributed by atoms with E-state index in [1.54, 1.807) is 0 Å². The molecule has 2 nitrogen and oxygen atoms in total. The summed E-state index contributed by atoms with van der Waals surface area (Å²) in [7, 11) is 1.45. The number of hydrogen-bond acceptors (Lipinski definition) is 2. The van der Waals surface area contributed by atoms with Crippen LogP contribution in [0.15, 0.2) is 0 Å². The van der Waals surface area contributed by atoms with E-state index in [1.165, 1.54) is 52.1 Å². The second-order valence-electron chi connectivity index (χ2n) is 3.80. The Hall–Kier alpha value is 0.470. The minimum absolute atomic E-state index is 0. The summed E-state index contributed by atoms with van der Waals surface area (Å²) < 4.78 is 4.57. The Kier molecular flexibility index (Phi) is 17.2. The minimum Gasteiger partial charge on any atom is -0.469 e. The zero-order valence-corrected chi connectivity index (χ0v) is 12.7. The SMILES string of the molecule is CCCCCCCCCCC(=O)OC.[Na]. The molecule has 1 radical (unpaired) electrons. The van der Waals surface area contributed by atoms with Crippen molar-refractivity contribution in [3.8, 4) is 0 Å². The number of carbonyl (C=O) groups is 1. The molecule has 0 bridgehead atoms. The van der Waals surface area contributed by atoms with E-state index in [-0.39, 0.29) is 35.5 Å². The molecule has 3 heteroatoms. The molecule has 0 saturated heterocycles. The molecule has 0 heterocycles. The van der Waals surface area contributed by atoms with Crippen molar-refractivity contribution in [1.82, 2.24) is 0 Å². The third-order valence-corrected chi connectivity index (χ3v) is 2.46. The van der Waals surface area contributed by atoms with E-state index in [0.29, 0.717) is 6.42 Å². The Labute approximate surface area is 116 Å². The number of carbonyl (C=O) groups excluding carboxylic acids is 1. The number of ether oxygens (including phenoxy) is 1. The Bertz CT molecular complexity index is 138. The fourth-order valence-corrected chi connectivity index (χ4v) is 1.51. The molecular weight excluding hydrogens is 199 g/mol. The molecule has 15 heavy (non-hydrogen) atoms. The quantitative estimate of drug-likeness (QED) is 0.340.